The first-order valence-electron chi connectivity index (χ1n) is 13.1. The van der Waals surface area contributed by atoms with Crippen molar-refractivity contribution >= 4 is 17.3 Å². The van der Waals surface area contributed by atoms with Crippen LogP contribution < -0.4 is 9.47 Å². The minimum atomic E-state index is -1.40. The van der Waals surface area contributed by atoms with E-state index in [0.717, 1.165) is 28.1 Å². The number of aromatic nitrogens is 1. The Morgan fingerprint density at radius 1 is 0.950 bits per heavy atom. The Balaban J connectivity index is 1.17. The molecule has 2 aromatic heterocycles. The van der Waals surface area contributed by atoms with Gasteiger partial charge in [0.2, 0.25) is 11.5 Å². The number of hydrogen-bond acceptors (Lipinski definition) is 6. The Morgan fingerprint density at radius 3 is 2.35 bits per heavy atom. The fourth-order valence-corrected chi connectivity index (χ4v) is 5.16. The SMILES string of the molecule is Cc1ccccc1OC(C)(Cc1ccc(OCCc2nc(-c3ccc(-c4cccs4)cc3)oc2C)cc1)C(=O)O. The molecule has 2 heterocycles. The van der Waals surface area contributed by atoms with Gasteiger partial charge in [-0.15, -0.1) is 11.3 Å². The molecule has 204 valence electrons. The highest BCUT2D eigenvalue weighted by Crippen LogP contribution is 2.29. The van der Waals surface area contributed by atoms with Gasteiger partial charge in [0.25, 0.3) is 0 Å². The number of ether oxygens (including phenoxy) is 2. The van der Waals surface area contributed by atoms with Gasteiger partial charge in [-0.2, -0.15) is 0 Å². The van der Waals surface area contributed by atoms with E-state index in [1.165, 1.54) is 10.4 Å². The highest BCUT2D eigenvalue weighted by Gasteiger charge is 2.36. The molecular formula is C33H31NO5S. The van der Waals surface area contributed by atoms with Gasteiger partial charge in [-0.1, -0.05) is 48.5 Å². The summed E-state index contributed by atoms with van der Waals surface area (Å²) in [5, 5.41) is 12.0. The number of aliphatic carboxylic acids is 1. The molecule has 1 N–H and O–H groups in total. The van der Waals surface area contributed by atoms with Gasteiger partial charge in [0.1, 0.15) is 17.3 Å². The molecule has 7 heteroatoms. The summed E-state index contributed by atoms with van der Waals surface area (Å²) in [4.78, 5) is 18.0. The summed E-state index contributed by atoms with van der Waals surface area (Å²) >= 11 is 1.71. The molecule has 0 radical (unpaired) electrons. The average molecular weight is 554 g/mol. The predicted octanol–water partition coefficient (Wildman–Crippen LogP) is 7.77. The van der Waals surface area contributed by atoms with Crippen LogP contribution in [0.3, 0.4) is 0 Å². The molecule has 1 unspecified atom stereocenters. The van der Waals surface area contributed by atoms with E-state index >= 15 is 0 Å². The van der Waals surface area contributed by atoms with Gasteiger partial charge in [-0.3, -0.25) is 0 Å². The van der Waals surface area contributed by atoms with Crippen LogP contribution in [-0.4, -0.2) is 28.3 Å². The number of hydrogen-bond donors (Lipinski definition) is 1. The minimum Gasteiger partial charge on any atom is -0.493 e. The highest BCUT2D eigenvalue weighted by atomic mass is 32.1. The Kier molecular flexibility index (Phi) is 8.03. The molecule has 6 nitrogen and oxygen atoms in total. The molecule has 0 saturated carbocycles. The summed E-state index contributed by atoms with van der Waals surface area (Å²) in [6.07, 6.45) is 0.817. The van der Waals surface area contributed by atoms with E-state index in [9.17, 15) is 9.90 Å². The number of thiophene rings is 1. The van der Waals surface area contributed by atoms with Gasteiger partial charge in [0.15, 0.2) is 0 Å². The van der Waals surface area contributed by atoms with Crippen molar-refractivity contribution in [2.45, 2.75) is 39.2 Å². The van der Waals surface area contributed by atoms with Gasteiger partial charge in [-0.05, 0) is 79.2 Å². The van der Waals surface area contributed by atoms with Crippen LogP contribution in [0.25, 0.3) is 21.9 Å². The van der Waals surface area contributed by atoms with Gasteiger partial charge < -0.3 is 19.0 Å². The van der Waals surface area contributed by atoms with Crippen LogP contribution in [0.2, 0.25) is 0 Å². The van der Waals surface area contributed by atoms with E-state index in [2.05, 4.69) is 23.6 Å². The number of rotatable bonds is 11. The highest BCUT2D eigenvalue weighted by molar-refractivity contribution is 7.13. The molecule has 0 fully saturated rings. The smallest absolute Gasteiger partial charge is 0.348 e. The fourth-order valence-electron chi connectivity index (χ4n) is 4.43. The Labute approximate surface area is 237 Å². The Bertz CT molecular complexity index is 1570. The molecule has 5 rings (SSSR count). The number of para-hydroxylation sites is 1. The summed E-state index contributed by atoms with van der Waals surface area (Å²) in [5.41, 5.74) is 3.30. The van der Waals surface area contributed by atoms with Gasteiger partial charge >= 0.3 is 5.97 Å². The van der Waals surface area contributed by atoms with Crippen molar-refractivity contribution in [2.24, 2.45) is 0 Å². The molecule has 0 bridgehead atoms. The predicted molar refractivity (Wildman–Crippen MR) is 157 cm³/mol. The maximum atomic E-state index is 12.1. The average Bonchev–Trinajstić information content (AvgIpc) is 3.62. The molecule has 0 aliphatic rings. The third-order valence-electron chi connectivity index (χ3n) is 6.78. The minimum absolute atomic E-state index is 0.214. The van der Waals surface area contributed by atoms with E-state index in [4.69, 9.17) is 18.9 Å². The molecule has 5 aromatic rings. The lowest BCUT2D eigenvalue weighted by molar-refractivity contribution is -0.153. The first kappa shape index (κ1) is 27.2. The third kappa shape index (κ3) is 6.26. The van der Waals surface area contributed by atoms with E-state index in [-0.39, 0.29) is 6.42 Å². The van der Waals surface area contributed by atoms with Crippen molar-refractivity contribution in [3.05, 3.63) is 113 Å². The quantitative estimate of drug-likeness (QED) is 0.180. The van der Waals surface area contributed by atoms with Crippen LogP contribution in [0.4, 0.5) is 0 Å². The summed E-state index contributed by atoms with van der Waals surface area (Å²) in [7, 11) is 0. The summed E-state index contributed by atoms with van der Waals surface area (Å²) in [6.45, 7) is 5.85. The van der Waals surface area contributed by atoms with Crippen LogP contribution in [-0.2, 0) is 17.6 Å². The van der Waals surface area contributed by atoms with Crippen LogP contribution in [0.1, 0.15) is 29.5 Å². The van der Waals surface area contributed by atoms with Crippen molar-refractivity contribution in [3.8, 4) is 33.4 Å². The van der Waals surface area contributed by atoms with Gasteiger partial charge in [0.05, 0.1) is 12.3 Å². The number of nitrogens with zero attached hydrogens (tertiary/aromatic N) is 1. The lowest BCUT2D eigenvalue weighted by Gasteiger charge is -2.27. The fraction of sp³-hybridized carbons (Fsp3) is 0.212. The number of carbonyl (C=O) groups is 1. The van der Waals surface area contributed by atoms with Crippen molar-refractivity contribution in [1.29, 1.82) is 0 Å². The molecule has 0 aliphatic heterocycles. The Hall–Kier alpha value is -4.36. The second-order valence-corrected chi connectivity index (χ2v) is 10.8. The first-order valence-corrected chi connectivity index (χ1v) is 14.0. The van der Waals surface area contributed by atoms with Crippen molar-refractivity contribution in [2.75, 3.05) is 6.61 Å². The normalized spacial score (nSPS) is 12.6. The van der Waals surface area contributed by atoms with E-state index < -0.39 is 11.6 Å². The second kappa shape index (κ2) is 11.8. The monoisotopic (exact) mass is 553 g/mol. The maximum Gasteiger partial charge on any atom is 0.348 e. The largest absolute Gasteiger partial charge is 0.493 e. The van der Waals surface area contributed by atoms with Crippen molar-refractivity contribution in [3.63, 3.8) is 0 Å². The van der Waals surface area contributed by atoms with E-state index in [0.29, 0.717) is 30.4 Å². The third-order valence-corrected chi connectivity index (χ3v) is 7.70. The number of carboxylic acids is 1. The number of oxazole rings is 1. The Morgan fingerprint density at radius 2 is 1.68 bits per heavy atom. The number of aryl methyl sites for hydroxylation is 2. The molecule has 0 spiro atoms. The molecule has 3 aromatic carbocycles. The molecule has 0 amide bonds. The zero-order valence-electron chi connectivity index (χ0n) is 22.7. The van der Waals surface area contributed by atoms with Crippen LogP contribution in [0, 0.1) is 13.8 Å². The lowest BCUT2D eigenvalue weighted by atomic mass is 9.96. The van der Waals surface area contributed by atoms with Crippen LogP contribution in [0.15, 0.2) is 94.7 Å². The molecule has 0 saturated heterocycles. The summed E-state index contributed by atoms with van der Waals surface area (Å²) < 4.78 is 17.9. The first-order chi connectivity index (χ1) is 19.3. The van der Waals surface area contributed by atoms with Crippen molar-refractivity contribution in [1.82, 2.24) is 4.98 Å². The topological polar surface area (TPSA) is 81.8 Å². The summed E-state index contributed by atoms with van der Waals surface area (Å²) in [5.74, 6) is 1.62. The van der Waals surface area contributed by atoms with Crippen molar-refractivity contribution < 1.29 is 23.8 Å². The van der Waals surface area contributed by atoms with Gasteiger partial charge in [-0.25, -0.2) is 9.78 Å². The number of carboxylic acid groups (broad SMARTS) is 1. The molecule has 1 atom stereocenters. The number of benzene rings is 3. The molecule has 40 heavy (non-hydrogen) atoms. The van der Waals surface area contributed by atoms with Crippen LogP contribution >= 0.6 is 11.3 Å². The molecule has 0 aliphatic carbocycles. The zero-order chi connectivity index (χ0) is 28.1. The molecular weight excluding hydrogens is 522 g/mol. The van der Waals surface area contributed by atoms with E-state index in [1.807, 2.05) is 74.5 Å². The van der Waals surface area contributed by atoms with Crippen LogP contribution in [0.5, 0.6) is 11.5 Å². The summed E-state index contributed by atoms with van der Waals surface area (Å²) in [6, 6.07) is 27.2. The lowest BCUT2D eigenvalue weighted by Crippen LogP contribution is -2.43. The zero-order valence-corrected chi connectivity index (χ0v) is 23.5. The second-order valence-electron chi connectivity index (χ2n) is 9.90. The van der Waals surface area contributed by atoms with E-state index in [1.54, 1.807) is 24.3 Å². The van der Waals surface area contributed by atoms with Gasteiger partial charge in [0, 0.05) is 23.3 Å². The standard InChI is InChI=1S/C33H31NO5S/c1-22-7-4-5-8-29(22)39-33(3,32(35)36)21-24-10-16-27(17-11-24)37-19-18-28-23(2)38-31(34-28)26-14-12-25(13-15-26)30-9-6-20-40-30/h4-17,20H,18-19,21H2,1-3H3,(H,35,36). The maximum absolute atomic E-state index is 12.1.